The normalized spacial score (nSPS) is 12.7. The molecule has 2 atom stereocenters. The van der Waals surface area contributed by atoms with Crippen molar-refractivity contribution in [3.8, 4) is 0 Å². The van der Waals surface area contributed by atoms with Crippen LogP contribution >= 0.6 is 34.8 Å². The molecule has 0 fully saturated rings. The van der Waals surface area contributed by atoms with E-state index in [4.69, 9.17) is 34.8 Å². The number of hydrogen-bond donors (Lipinski definition) is 2. The zero-order chi connectivity index (χ0) is 22.4. The summed E-state index contributed by atoms with van der Waals surface area (Å²) in [5.74, 6) is -1.82. The van der Waals surface area contributed by atoms with E-state index in [1.165, 1.54) is 0 Å². The van der Waals surface area contributed by atoms with Gasteiger partial charge >= 0.3 is 5.97 Å². The first kappa shape index (κ1) is 23.1. The first-order chi connectivity index (χ1) is 14.8. The molecule has 31 heavy (non-hydrogen) atoms. The van der Waals surface area contributed by atoms with Crippen LogP contribution in [0, 0.1) is 0 Å². The summed E-state index contributed by atoms with van der Waals surface area (Å²) in [5.41, 5.74) is 2.48. The first-order valence-electron chi connectivity index (χ1n) is 9.60. The van der Waals surface area contributed by atoms with Crippen molar-refractivity contribution in [1.82, 2.24) is 5.32 Å². The lowest BCUT2D eigenvalue weighted by molar-refractivity contribution is -0.141. The molecule has 0 heterocycles. The summed E-state index contributed by atoms with van der Waals surface area (Å²) in [4.78, 5) is 24.6. The largest absolute Gasteiger partial charge is 0.480 e. The van der Waals surface area contributed by atoms with Crippen LogP contribution in [0.4, 0.5) is 0 Å². The van der Waals surface area contributed by atoms with Gasteiger partial charge in [-0.05, 0) is 41.0 Å². The Morgan fingerprint density at radius 2 is 1.48 bits per heavy atom. The highest BCUT2D eigenvalue weighted by atomic mass is 35.5. The third-order valence-corrected chi connectivity index (χ3v) is 5.91. The lowest BCUT2D eigenvalue weighted by Crippen LogP contribution is -2.42. The number of rotatable bonds is 8. The summed E-state index contributed by atoms with van der Waals surface area (Å²) in [6.45, 7) is 0. The summed E-state index contributed by atoms with van der Waals surface area (Å²) >= 11 is 18.2. The molecule has 0 radical (unpaired) electrons. The van der Waals surface area contributed by atoms with Gasteiger partial charge in [0, 0.05) is 23.8 Å². The Morgan fingerprint density at radius 1 is 0.839 bits per heavy atom. The molecule has 0 spiro atoms. The fraction of sp³-hybridized carbons (Fsp3) is 0.167. The molecular formula is C24H20Cl3NO3. The minimum Gasteiger partial charge on any atom is -0.480 e. The molecule has 0 aromatic heterocycles. The molecule has 2 unspecified atom stereocenters. The molecule has 0 aliphatic heterocycles. The average molecular weight is 477 g/mol. The van der Waals surface area contributed by atoms with E-state index < -0.39 is 12.0 Å². The lowest BCUT2D eigenvalue weighted by atomic mass is 9.88. The maximum atomic E-state index is 12.9. The third kappa shape index (κ3) is 6.47. The maximum Gasteiger partial charge on any atom is 0.326 e. The predicted octanol–water partition coefficient (Wildman–Crippen LogP) is 5.98. The molecule has 3 aromatic carbocycles. The molecule has 2 N–H and O–H groups in total. The number of benzene rings is 3. The van der Waals surface area contributed by atoms with E-state index in [1.807, 2.05) is 42.5 Å². The van der Waals surface area contributed by atoms with Crippen LogP contribution in [0.15, 0.2) is 72.8 Å². The molecule has 0 aliphatic carbocycles. The zero-order valence-electron chi connectivity index (χ0n) is 16.4. The minimum atomic E-state index is -1.09. The van der Waals surface area contributed by atoms with Gasteiger partial charge in [0.05, 0.1) is 10.0 Å². The van der Waals surface area contributed by atoms with Gasteiger partial charge in [0.1, 0.15) is 6.04 Å². The SMILES string of the molecule is O=C(CC(c1ccc(Cl)cc1)c1ccc(Cl)c(Cl)c1)NC(Cc1ccccc1)C(=O)O. The minimum absolute atomic E-state index is 0.0398. The number of carbonyl (C=O) groups is 2. The standard InChI is InChI=1S/C24H20Cl3NO3/c25-18-9-6-16(7-10-18)19(17-8-11-20(26)21(27)13-17)14-23(29)28-22(24(30)31)12-15-4-2-1-3-5-15/h1-11,13,19,22H,12,14H2,(H,28,29)(H,30,31). The van der Waals surface area contributed by atoms with Crippen LogP contribution in [0.5, 0.6) is 0 Å². The average Bonchev–Trinajstić information content (AvgIpc) is 2.75. The van der Waals surface area contributed by atoms with Crippen LogP contribution in [-0.4, -0.2) is 23.0 Å². The lowest BCUT2D eigenvalue weighted by Gasteiger charge is -2.21. The topological polar surface area (TPSA) is 66.4 Å². The van der Waals surface area contributed by atoms with E-state index >= 15 is 0 Å². The van der Waals surface area contributed by atoms with Crippen molar-refractivity contribution in [1.29, 1.82) is 0 Å². The second-order valence-electron chi connectivity index (χ2n) is 7.13. The van der Waals surface area contributed by atoms with E-state index in [9.17, 15) is 14.7 Å². The van der Waals surface area contributed by atoms with E-state index in [-0.39, 0.29) is 24.7 Å². The van der Waals surface area contributed by atoms with Gasteiger partial charge in [0.25, 0.3) is 0 Å². The molecule has 1 amide bonds. The van der Waals surface area contributed by atoms with E-state index in [0.717, 1.165) is 16.7 Å². The van der Waals surface area contributed by atoms with Gasteiger partial charge in [0.2, 0.25) is 5.91 Å². The van der Waals surface area contributed by atoms with Crippen LogP contribution in [0.25, 0.3) is 0 Å². The van der Waals surface area contributed by atoms with Gasteiger partial charge in [-0.15, -0.1) is 0 Å². The van der Waals surface area contributed by atoms with E-state index in [1.54, 1.807) is 30.3 Å². The van der Waals surface area contributed by atoms with Crippen LogP contribution in [0.3, 0.4) is 0 Å². The third-order valence-electron chi connectivity index (χ3n) is 4.92. The second kappa shape index (κ2) is 10.7. The van der Waals surface area contributed by atoms with Crippen molar-refractivity contribution in [2.45, 2.75) is 24.8 Å². The first-order valence-corrected chi connectivity index (χ1v) is 10.7. The molecule has 160 valence electrons. The maximum absolute atomic E-state index is 12.9. The van der Waals surface area contributed by atoms with Gasteiger partial charge < -0.3 is 10.4 Å². The molecular weight excluding hydrogens is 457 g/mol. The fourth-order valence-electron chi connectivity index (χ4n) is 3.34. The van der Waals surface area contributed by atoms with Crippen molar-refractivity contribution < 1.29 is 14.7 Å². The number of nitrogens with one attached hydrogen (secondary N) is 1. The van der Waals surface area contributed by atoms with Crippen molar-refractivity contribution in [3.05, 3.63) is 105 Å². The fourth-order valence-corrected chi connectivity index (χ4v) is 3.77. The Kier molecular flexibility index (Phi) is 7.97. The van der Waals surface area contributed by atoms with Gasteiger partial charge in [-0.3, -0.25) is 4.79 Å². The highest BCUT2D eigenvalue weighted by molar-refractivity contribution is 6.42. The Labute approximate surface area is 195 Å². The van der Waals surface area contributed by atoms with Crippen molar-refractivity contribution in [2.75, 3.05) is 0 Å². The summed E-state index contributed by atoms with van der Waals surface area (Å²) in [6, 6.07) is 20.5. The smallest absolute Gasteiger partial charge is 0.326 e. The molecule has 0 aliphatic rings. The predicted molar refractivity (Wildman–Crippen MR) is 124 cm³/mol. The van der Waals surface area contributed by atoms with Crippen molar-refractivity contribution in [2.24, 2.45) is 0 Å². The Morgan fingerprint density at radius 3 is 2.10 bits per heavy atom. The zero-order valence-corrected chi connectivity index (χ0v) is 18.7. The van der Waals surface area contributed by atoms with Gasteiger partial charge in [-0.1, -0.05) is 83.3 Å². The van der Waals surface area contributed by atoms with Gasteiger partial charge in [-0.25, -0.2) is 4.79 Å². The summed E-state index contributed by atoms with van der Waals surface area (Å²) in [5, 5.41) is 13.6. The summed E-state index contributed by atoms with van der Waals surface area (Å²) < 4.78 is 0. The number of amides is 1. The van der Waals surface area contributed by atoms with Crippen LogP contribution in [0.1, 0.15) is 29.0 Å². The van der Waals surface area contributed by atoms with E-state index in [0.29, 0.717) is 15.1 Å². The number of aliphatic carboxylic acids is 1. The number of carboxylic acids is 1. The molecule has 0 bridgehead atoms. The number of halogens is 3. The number of hydrogen-bond acceptors (Lipinski definition) is 2. The Bertz CT molecular complexity index is 1060. The molecule has 4 nitrogen and oxygen atoms in total. The van der Waals surface area contributed by atoms with Crippen LogP contribution < -0.4 is 5.32 Å². The second-order valence-corrected chi connectivity index (χ2v) is 8.38. The van der Waals surface area contributed by atoms with Gasteiger partial charge in [-0.2, -0.15) is 0 Å². The number of carboxylic acid groups (broad SMARTS) is 1. The Balaban J connectivity index is 1.82. The monoisotopic (exact) mass is 475 g/mol. The highest BCUT2D eigenvalue weighted by Gasteiger charge is 2.24. The molecule has 0 saturated heterocycles. The van der Waals surface area contributed by atoms with Crippen molar-refractivity contribution in [3.63, 3.8) is 0 Å². The summed E-state index contributed by atoms with van der Waals surface area (Å²) in [7, 11) is 0. The van der Waals surface area contributed by atoms with Crippen LogP contribution in [0.2, 0.25) is 15.1 Å². The molecule has 3 rings (SSSR count). The van der Waals surface area contributed by atoms with Crippen molar-refractivity contribution >= 4 is 46.7 Å². The van der Waals surface area contributed by atoms with Crippen LogP contribution in [-0.2, 0) is 16.0 Å². The molecule has 3 aromatic rings. The number of carbonyl (C=O) groups excluding carboxylic acids is 1. The van der Waals surface area contributed by atoms with E-state index in [2.05, 4.69) is 5.32 Å². The molecule has 7 heteroatoms. The van der Waals surface area contributed by atoms with Gasteiger partial charge in [0.15, 0.2) is 0 Å². The quantitative estimate of drug-likeness (QED) is 0.420. The highest BCUT2D eigenvalue weighted by Crippen LogP contribution is 2.33. The summed E-state index contributed by atoms with van der Waals surface area (Å²) in [6.07, 6.45) is 0.235. The Hall–Kier alpha value is -2.53. The molecule has 0 saturated carbocycles.